The van der Waals surface area contributed by atoms with E-state index in [1.165, 1.54) is 0 Å². The van der Waals surface area contributed by atoms with Gasteiger partial charge >= 0.3 is 6.03 Å². The Balaban J connectivity index is 1.85. The van der Waals surface area contributed by atoms with E-state index >= 15 is 0 Å². The molecule has 1 saturated heterocycles. The van der Waals surface area contributed by atoms with Crippen LogP contribution in [0.5, 0.6) is 0 Å². The Bertz CT molecular complexity index is 470. The number of aromatic nitrogens is 1. The summed E-state index contributed by atoms with van der Waals surface area (Å²) in [4.78, 5) is 30.9. The van der Waals surface area contributed by atoms with Crippen LogP contribution in [-0.2, 0) is 11.2 Å². The van der Waals surface area contributed by atoms with Crippen LogP contribution in [0.25, 0.3) is 0 Å². The Labute approximate surface area is 125 Å². The normalized spacial score (nSPS) is 16.0. The fraction of sp³-hybridized carbons (Fsp3) is 0.600. The molecule has 21 heavy (non-hydrogen) atoms. The summed E-state index contributed by atoms with van der Waals surface area (Å²) in [6.07, 6.45) is 4.91. The second-order valence-corrected chi connectivity index (χ2v) is 5.72. The van der Waals surface area contributed by atoms with Crippen molar-refractivity contribution in [2.24, 2.45) is 0 Å². The Morgan fingerprint density at radius 1 is 1.24 bits per heavy atom. The molecule has 2 heterocycles. The molecule has 0 aromatic carbocycles. The van der Waals surface area contributed by atoms with Crippen molar-refractivity contribution in [3.63, 3.8) is 0 Å². The zero-order chi connectivity index (χ0) is 15.2. The summed E-state index contributed by atoms with van der Waals surface area (Å²) in [6, 6.07) is 2.01. The van der Waals surface area contributed by atoms with E-state index in [0.717, 1.165) is 12.0 Å². The quantitative estimate of drug-likeness (QED) is 0.879. The minimum Gasteiger partial charge on any atom is -0.367 e. The molecule has 0 bridgehead atoms. The van der Waals surface area contributed by atoms with Crippen molar-refractivity contribution in [3.8, 4) is 0 Å². The first kappa shape index (κ1) is 15.4. The van der Waals surface area contributed by atoms with Gasteiger partial charge in [-0.2, -0.15) is 0 Å². The minimum atomic E-state index is -0.0371. The highest BCUT2D eigenvalue weighted by atomic mass is 16.2. The van der Waals surface area contributed by atoms with Gasteiger partial charge in [-0.3, -0.25) is 4.79 Å². The maximum atomic E-state index is 12.3. The molecule has 1 aliphatic rings. The molecule has 1 aromatic heterocycles. The van der Waals surface area contributed by atoms with Crippen LogP contribution in [-0.4, -0.2) is 58.9 Å². The SMILES string of the molecule is CC(C)NC(=O)N1CCCN(C(=O)Cc2cc[nH]c2)CC1. The van der Waals surface area contributed by atoms with Gasteiger partial charge < -0.3 is 20.1 Å². The number of hydrogen-bond donors (Lipinski definition) is 2. The molecule has 3 amide bonds. The van der Waals surface area contributed by atoms with Gasteiger partial charge in [-0.1, -0.05) is 0 Å². The van der Waals surface area contributed by atoms with Crippen molar-refractivity contribution < 1.29 is 9.59 Å². The third-order valence-corrected chi connectivity index (χ3v) is 3.57. The second kappa shape index (κ2) is 7.15. The van der Waals surface area contributed by atoms with Gasteiger partial charge in [0, 0.05) is 44.6 Å². The lowest BCUT2D eigenvalue weighted by molar-refractivity contribution is -0.130. The molecular formula is C15H24N4O2. The van der Waals surface area contributed by atoms with Gasteiger partial charge in [0.25, 0.3) is 0 Å². The lowest BCUT2D eigenvalue weighted by Crippen LogP contribution is -2.45. The van der Waals surface area contributed by atoms with Gasteiger partial charge in [-0.15, -0.1) is 0 Å². The summed E-state index contributed by atoms with van der Waals surface area (Å²) in [6.45, 7) is 6.51. The molecule has 1 fully saturated rings. The van der Waals surface area contributed by atoms with E-state index in [9.17, 15) is 9.59 Å². The van der Waals surface area contributed by atoms with Crippen molar-refractivity contribution in [1.82, 2.24) is 20.1 Å². The highest BCUT2D eigenvalue weighted by Crippen LogP contribution is 2.07. The molecule has 6 heteroatoms. The number of aromatic amines is 1. The monoisotopic (exact) mass is 292 g/mol. The van der Waals surface area contributed by atoms with Crippen LogP contribution in [0.1, 0.15) is 25.8 Å². The summed E-state index contributed by atoms with van der Waals surface area (Å²) < 4.78 is 0. The van der Waals surface area contributed by atoms with Crippen LogP contribution in [0.15, 0.2) is 18.5 Å². The number of carbonyl (C=O) groups is 2. The zero-order valence-electron chi connectivity index (χ0n) is 12.8. The number of H-pyrrole nitrogens is 1. The predicted octanol–water partition coefficient (Wildman–Crippen LogP) is 1.21. The Kier molecular flexibility index (Phi) is 5.25. The minimum absolute atomic E-state index is 0.0371. The van der Waals surface area contributed by atoms with Crippen LogP contribution in [0, 0.1) is 0 Å². The average Bonchev–Trinajstić information content (AvgIpc) is 2.79. The second-order valence-electron chi connectivity index (χ2n) is 5.72. The number of amides is 3. The summed E-state index contributed by atoms with van der Waals surface area (Å²) >= 11 is 0. The number of nitrogens with one attached hydrogen (secondary N) is 2. The van der Waals surface area contributed by atoms with E-state index < -0.39 is 0 Å². The molecular weight excluding hydrogens is 268 g/mol. The Hall–Kier alpha value is -1.98. The zero-order valence-corrected chi connectivity index (χ0v) is 12.8. The van der Waals surface area contributed by atoms with Gasteiger partial charge in [0.2, 0.25) is 5.91 Å². The molecule has 0 radical (unpaired) electrons. The van der Waals surface area contributed by atoms with Crippen molar-refractivity contribution in [1.29, 1.82) is 0 Å². The number of hydrogen-bond acceptors (Lipinski definition) is 2. The number of urea groups is 1. The standard InChI is InChI=1S/C15H24N4O2/c1-12(2)17-15(21)19-7-3-6-18(8-9-19)14(20)10-13-4-5-16-11-13/h4-5,11-12,16H,3,6-10H2,1-2H3,(H,17,21). The fourth-order valence-corrected chi connectivity index (χ4v) is 2.46. The summed E-state index contributed by atoms with van der Waals surface area (Å²) in [5, 5.41) is 2.90. The molecule has 2 rings (SSSR count). The molecule has 1 aromatic rings. The molecule has 6 nitrogen and oxygen atoms in total. The maximum Gasteiger partial charge on any atom is 0.317 e. The van der Waals surface area contributed by atoms with Crippen LogP contribution >= 0.6 is 0 Å². The molecule has 116 valence electrons. The maximum absolute atomic E-state index is 12.3. The first-order chi connectivity index (χ1) is 10.1. The van der Waals surface area contributed by atoms with E-state index in [2.05, 4.69) is 10.3 Å². The first-order valence-corrected chi connectivity index (χ1v) is 7.51. The number of carbonyl (C=O) groups excluding carboxylic acids is 2. The predicted molar refractivity (Wildman–Crippen MR) is 80.9 cm³/mol. The van der Waals surface area contributed by atoms with E-state index in [1.54, 1.807) is 4.90 Å². The summed E-state index contributed by atoms with van der Waals surface area (Å²) in [5.74, 6) is 0.126. The van der Waals surface area contributed by atoms with Crippen LogP contribution in [0.2, 0.25) is 0 Å². The lowest BCUT2D eigenvalue weighted by atomic mass is 10.2. The van der Waals surface area contributed by atoms with Gasteiger partial charge in [0.15, 0.2) is 0 Å². The third kappa shape index (κ3) is 4.51. The highest BCUT2D eigenvalue weighted by molar-refractivity contribution is 5.79. The van der Waals surface area contributed by atoms with Gasteiger partial charge in [-0.05, 0) is 31.9 Å². The Morgan fingerprint density at radius 2 is 1.95 bits per heavy atom. The molecule has 0 atom stereocenters. The molecule has 0 aliphatic carbocycles. The smallest absolute Gasteiger partial charge is 0.317 e. The molecule has 0 spiro atoms. The number of rotatable bonds is 3. The van der Waals surface area contributed by atoms with E-state index in [-0.39, 0.29) is 18.0 Å². The van der Waals surface area contributed by atoms with Gasteiger partial charge in [-0.25, -0.2) is 4.79 Å². The van der Waals surface area contributed by atoms with Crippen LogP contribution < -0.4 is 5.32 Å². The summed E-state index contributed by atoms with van der Waals surface area (Å²) in [7, 11) is 0. The van der Waals surface area contributed by atoms with Crippen LogP contribution in [0.3, 0.4) is 0 Å². The van der Waals surface area contributed by atoms with Crippen molar-refractivity contribution in [2.45, 2.75) is 32.7 Å². The Morgan fingerprint density at radius 3 is 2.62 bits per heavy atom. The highest BCUT2D eigenvalue weighted by Gasteiger charge is 2.22. The van der Waals surface area contributed by atoms with Crippen LogP contribution in [0.4, 0.5) is 4.79 Å². The lowest BCUT2D eigenvalue weighted by Gasteiger charge is -2.23. The van der Waals surface area contributed by atoms with E-state index in [0.29, 0.717) is 32.6 Å². The first-order valence-electron chi connectivity index (χ1n) is 7.51. The topological polar surface area (TPSA) is 68.4 Å². The van der Waals surface area contributed by atoms with Crippen molar-refractivity contribution in [2.75, 3.05) is 26.2 Å². The van der Waals surface area contributed by atoms with Crippen molar-refractivity contribution in [3.05, 3.63) is 24.0 Å². The molecule has 1 aliphatic heterocycles. The van der Waals surface area contributed by atoms with E-state index in [1.807, 2.05) is 37.2 Å². The van der Waals surface area contributed by atoms with Gasteiger partial charge in [0.1, 0.15) is 0 Å². The van der Waals surface area contributed by atoms with Crippen molar-refractivity contribution >= 4 is 11.9 Å². The molecule has 2 N–H and O–H groups in total. The number of nitrogens with zero attached hydrogens (tertiary/aromatic N) is 2. The molecule has 0 unspecified atom stereocenters. The molecule has 0 saturated carbocycles. The average molecular weight is 292 g/mol. The summed E-state index contributed by atoms with van der Waals surface area (Å²) in [5.41, 5.74) is 0.999. The largest absolute Gasteiger partial charge is 0.367 e. The third-order valence-electron chi connectivity index (χ3n) is 3.57. The van der Waals surface area contributed by atoms with E-state index in [4.69, 9.17) is 0 Å². The fourth-order valence-electron chi connectivity index (χ4n) is 2.46. The van der Waals surface area contributed by atoms with Gasteiger partial charge in [0.05, 0.1) is 6.42 Å².